The molecule has 8 nitrogen and oxygen atoms in total. The van der Waals surface area contributed by atoms with Crippen molar-refractivity contribution in [2.24, 2.45) is 0 Å². The van der Waals surface area contributed by atoms with Crippen LogP contribution in [0, 0.1) is 0 Å². The fourth-order valence-corrected chi connectivity index (χ4v) is 2.29. The predicted octanol–water partition coefficient (Wildman–Crippen LogP) is -0.937. The Morgan fingerprint density at radius 2 is 2.25 bits per heavy atom. The third-order valence-electron chi connectivity index (χ3n) is 3.22. The molecule has 2 aromatic heterocycles. The Labute approximate surface area is 112 Å². The smallest absolute Gasteiger partial charge is 0.356 e. The standard InChI is InChI=1S/C12H12N4O4/c13-11-14-10-6(2-1-3-16(10)12(19)15-11)8-4-7(18)9(5-17)20-8/h1-3,8-9,17H,4-5H2,(H2,13,15,19)/t8-,9-/m1/s1. The molecule has 0 bridgehead atoms. The van der Waals surface area contributed by atoms with Crippen molar-refractivity contribution in [2.45, 2.75) is 18.6 Å². The first-order chi connectivity index (χ1) is 9.60. The highest BCUT2D eigenvalue weighted by molar-refractivity contribution is 5.85. The molecule has 3 heterocycles. The maximum absolute atomic E-state index is 11.7. The van der Waals surface area contributed by atoms with Gasteiger partial charge in [-0.15, -0.1) is 0 Å². The fraction of sp³-hybridized carbons (Fsp3) is 0.333. The van der Waals surface area contributed by atoms with E-state index in [0.717, 1.165) is 0 Å². The molecule has 0 amide bonds. The molecule has 0 saturated carbocycles. The zero-order valence-corrected chi connectivity index (χ0v) is 10.4. The monoisotopic (exact) mass is 276 g/mol. The van der Waals surface area contributed by atoms with Gasteiger partial charge in [-0.3, -0.25) is 9.20 Å². The molecular formula is C12H12N4O4. The molecular weight excluding hydrogens is 264 g/mol. The highest BCUT2D eigenvalue weighted by atomic mass is 16.5. The van der Waals surface area contributed by atoms with Gasteiger partial charge in [-0.1, -0.05) is 6.07 Å². The lowest BCUT2D eigenvalue weighted by molar-refractivity contribution is -0.124. The number of Topliss-reactive ketones (excluding diaryl/α,β-unsaturated/α-hetero) is 1. The zero-order chi connectivity index (χ0) is 14.3. The van der Waals surface area contributed by atoms with Crippen LogP contribution in [0.25, 0.3) is 5.65 Å². The molecule has 0 radical (unpaired) electrons. The predicted molar refractivity (Wildman–Crippen MR) is 68.0 cm³/mol. The number of aliphatic hydroxyl groups is 1. The number of pyridine rings is 1. The Bertz CT molecular complexity index is 742. The summed E-state index contributed by atoms with van der Waals surface area (Å²) in [4.78, 5) is 31.0. The Hall–Kier alpha value is -2.32. The van der Waals surface area contributed by atoms with Crippen LogP contribution in [0.3, 0.4) is 0 Å². The second kappa shape index (κ2) is 4.66. The third-order valence-corrected chi connectivity index (χ3v) is 3.22. The molecule has 2 atom stereocenters. The molecule has 2 aromatic rings. The summed E-state index contributed by atoms with van der Waals surface area (Å²) in [6, 6.07) is 3.35. The van der Waals surface area contributed by atoms with Crippen molar-refractivity contribution in [2.75, 3.05) is 12.3 Å². The highest BCUT2D eigenvalue weighted by Gasteiger charge is 2.35. The highest BCUT2D eigenvalue weighted by Crippen LogP contribution is 2.31. The van der Waals surface area contributed by atoms with Crippen molar-refractivity contribution >= 4 is 17.4 Å². The van der Waals surface area contributed by atoms with Gasteiger partial charge in [0.2, 0.25) is 5.95 Å². The number of anilines is 1. The number of ether oxygens (including phenoxy) is 1. The Morgan fingerprint density at radius 3 is 2.95 bits per heavy atom. The van der Waals surface area contributed by atoms with E-state index in [0.29, 0.717) is 11.2 Å². The number of hydrogen-bond acceptors (Lipinski definition) is 7. The van der Waals surface area contributed by atoms with E-state index in [1.54, 1.807) is 12.1 Å². The number of carbonyl (C=O) groups excluding carboxylic acids is 1. The molecule has 0 spiro atoms. The molecule has 0 aliphatic carbocycles. The van der Waals surface area contributed by atoms with Gasteiger partial charge in [0.05, 0.1) is 12.7 Å². The van der Waals surface area contributed by atoms with E-state index >= 15 is 0 Å². The van der Waals surface area contributed by atoms with Gasteiger partial charge < -0.3 is 15.6 Å². The van der Waals surface area contributed by atoms with Crippen LogP contribution in [0.2, 0.25) is 0 Å². The van der Waals surface area contributed by atoms with Crippen LogP contribution in [-0.2, 0) is 9.53 Å². The largest absolute Gasteiger partial charge is 0.393 e. The summed E-state index contributed by atoms with van der Waals surface area (Å²) in [6.45, 7) is -0.364. The van der Waals surface area contributed by atoms with Crippen molar-refractivity contribution in [3.63, 3.8) is 0 Å². The van der Waals surface area contributed by atoms with Crippen LogP contribution in [-0.4, -0.2) is 38.0 Å². The summed E-state index contributed by atoms with van der Waals surface area (Å²) in [7, 11) is 0. The minimum atomic E-state index is -0.828. The summed E-state index contributed by atoms with van der Waals surface area (Å²) in [6.07, 6.45) is 0.264. The van der Waals surface area contributed by atoms with E-state index in [1.807, 2.05) is 0 Å². The van der Waals surface area contributed by atoms with Gasteiger partial charge in [0.1, 0.15) is 6.10 Å². The van der Waals surface area contributed by atoms with Gasteiger partial charge >= 0.3 is 5.69 Å². The van der Waals surface area contributed by atoms with Crippen LogP contribution < -0.4 is 11.4 Å². The van der Waals surface area contributed by atoms with Crippen molar-refractivity contribution < 1.29 is 14.6 Å². The molecule has 3 rings (SSSR count). The lowest BCUT2D eigenvalue weighted by Crippen LogP contribution is -2.22. The zero-order valence-electron chi connectivity index (χ0n) is 10.4. The third kappa shape index (κ3) is 1.95. The summed E-state index contributed by atoms with van der Waals surface area (Å²) in [5.74, 6) is -0.311. The van der Waals surface area contributed by atoms with Crippen LogP contribution in [0.1, 0.15) is 18.1 Å². The number of fused-ring (bicyclic) bond motifs is 1. The summed E-state index contributed by atoms with van der Waals surface area (Å²) < 4.78 is 6.72. The number of nitrogen functional groups attached to an aromatic ring is 1. The Balaban J connectivity index is 2.13. The maximum Gasteiger partial charge on any atom is 0.356 e. The molecule has 0 unspecified atom stereocenters. The SMILES string of the molecule is Nc1nc(=O)n2cccc([C@H]3CC(=O)[C@@H](CO)O3)c2n1. The van der Waals surface area contributed by atoms with Crippen LogP contribution in [0.15, 0.2) is 23.1 Å². The minimum absolute atomic E-state index is 0.128. The lowest BCUT2D eigenvalue weighted by atomic mass is 10.1. The van der Waals surface area contributed by atoms with E-state index in [1.165, 1.54) is 10.6 Å². The number of nitrogens with zero attached hydrogens (tertiary/aromatic N) is 3. The van der Waals surface area contributed by atoms with Crippen molar-refractivity contribution in [1.82, 2.24) is 14.4 Å². The molecule has 0 aromatic carbocycles. The van der Waals surface area contributed by atoms with Crippen molar-refractivity contribution in [3.8, 4) is 0 Å². The first-order valence-electron chi connectivity index (χ1n) is 6.04. The number of hydrogen-bond donors (Lipinski definition) is 2. The van der Waals surface area contributed by atoms with Gasteiger partial charge in [0, 0.05) is 18.2 Å². The van der Waals surface area contributed by atoms with Gasteiger partial charge in [-0.05, 0) is 6.07 Å². The van der Waals surface area contributed by atoms with Gasteiger partial charge in [0.15, 0.2) is 11.4 Å². The van der Waals surface area contributed by atoms with Crippen molar-refractivity contribution in [1.29, 1.82) is 0 Å². The topological polar surface area (TPSA) is 120 Å². The van der Waals surface area contributed by atoms with E-state index in [2.05, 4.69) is 9.97 Å². The van der Waals surface area contributed by atoms with E-state index in [9.17, 15) is 9.59 Å². The Kier molecular flexibility index (Phi) is 2.96. The second-order valence-corrected chi connectivity index (χ2v) is 4.49. The van der Waals surface area contributed by atoms with Gasteiger partial charge in [-0.25, -0.2) is 4.79 Å². The number of carbonyl (C=O) groups is 1. The minimum Gasteiger partial charge on any atom is -0.393 e. The van der Waals surface area contributed by atoms with E-state index in [-0.39, 0.29) is 24.8 Å². The molecule has 1 saturated heterocycles. The summed E-state index contributed by atoms with van der Waals surface area (Å²) >= 11 is 0. The summed E-state index contributed by atoms with van der Waals surface area (Å²) in [5.41, 5.74) is 5.82. The number of nitrogens with two attached hydrogens (primary N) is 1. The first-order valence-corrected chi connectivity index (χ1v) is 6.04. The molecule has 20 heavy (non-hydrogen) atoms. The van der Waals surface area contributed by atoms with Crippen molar-refractivity contribution in [3.05, 3.63) is 34.4 Å². The first kappa shape index (κ1) is 12.7. The second-order valence-electron chi connectivity index (χ2n) is 4.49. The average molecular weight is 276 g/mol. The van der Waals surface area contributed by atoms with Crippen LogP contribution in [0.4, 0.5) is 5.95 Å². The number of aliphatic hydroxyl groups excluding tert-OH is 1. The lowest BCUT2D eigenvalue weighted by Gasteiger charge is -2.13. The molecule has 8 heteroatoms. The molecule has 3 N–H and O–H groups in total. The molecule has 1 fully saturated rings. The molecule has 1 aliphatic rings. The molecule has 104 valence electrons. The maximum atomic E-state index is 11.7. The quantitative estimate of drug-likeness (QED) is 0.726. The normalized spacial score (nSPS) is 22.6. The Morgan fingerprint density at radius 1 is 1.45 bits per heavy atom. The van der Waals surface area contributed by atoms with Crippen LogP contribution >= 0.6 is 0 Å². The van der Waals surface area contributed by atoms with Gasteiger partial charge in [0.25, 0.3) is 0 Å². The van der Waals surface area contributed by atoms with E-state index in [4.69, 9.17) is 15.6 Å². The van der Waals surface area contributed by atoms with Gasteiger partial charge in [-0.2, -0.15) is 9.97 Å². The summed E-state index contributed by atoms with van der Waals surface area (Å²) in [5, 5.41) is 9.06. The number of aromatic nitrogens is 3. The fourth-order valence-electron chi connectivity index (χ4n) is 2.29. The number of ketones is 1. The average Bonchev–Trinajstić information content (AvgIpc) is 2.79. The van der Waals surface area contributed by atoms with E-state index < -0.39 is 17.9 Å². The molecule has 1 aliphatic heterocycles. The van der Waals surface area contributed by atoms with Crippen LogP contribution in [0.5, 0.6) is 0 Å². The number of rotatable bonds is 2.